The lowest BCUT2D eigenvalue weighted by Gasteiger charge is -2.15. The molecule has 0 radical (unpaired) electrons. The number of thioether (sulfide) groups is 1. The summed E-state index contributed by atoms with van der Waals surface area (Å²) in [6, 6.07) is 22.1. The normalized spacial score (nSPS) is 15.3. The van der Waals surface area contributed by atoms with Gasteiger partial charge < -0.3 is 15.8 Å². The van der Waals surface area contributed by atoms with Gasteiger partial charge in [0.05, 0.1) is 10.9 Å². The van der Waals surface area contributed by atoms with E-state index in [1.54, 1.807) is 36.4 Å². The number of nitrogens with one attached hydrogen (secondary N) is 1. The van der Waals surface area contributed by atoms with Crippen molar-refractivity contribution >= 4 is 46.8 Å². The molecule has 8 nitrogen and oxygen atoms in total. The molecule has 0 bridgehead atoms. The molecule has 1 heterocycles. The number of nitrogens with zero attached hydrogens (tertiary/aromatic N) is 1. The highest BCUT2D eigenvalue weighted by Gasteiger charge is 2.40. The van der Waals surface area contributed by atoms with Crippen LogP contribution in [-0.2, 0) is 14.4 Å². The molecule has 0 aliphatic carbocycles. The van der Waals surface area contributed by atoms with E-state index in [0.29, 0.717) is 22.7 Å². The van der Waals surface area contributed by atoms with E-state index in [1.807, 2.05) is 18.2 Å². The number of hydrogen-bond acceptors (Lipinski definition) is 6. The minimum atomic E-state index is -0.581. The van der Waals surface area contributed by atoms with Gasteiger partial charge >= 0.3 is 0 Å². The van der Waals surface area contributed by atoms with Gasteiger partial charge in [-0.1, -0.05) is 18.2 Å². The van der Waals surface area contributed by atoms with Crippen molar-refractivity contribution in [2.45, 2.75) is 16.6 Å². The third kappa shape index (κ3) is 5.44. The van der Waals surface area contributed by atoms with Crippen molar-refractivity contribution in [2.75, 3.05) is 16.8 Å². The standard InChI is InChI=1S/C25H21N3O5S/c26-24(31)16-6-10-18(11-7-16)28-23(30)14-21(25(28)32)34-20-12-8-17(9-13-20)27-22(29)15-33-19-4-2-1-3-5-19/h1-13,21H,14-15H2,(H2,26,31)(H,27,29). The Kier molecular flexibility index (Phi) is 6.93. The van der Waals surface area contributed by atoms with Gasteiger partial charge in [-0.15, -0.1) is 11.8 Å². The predicted octanol–water partition coefficient (Wildman–Crippen LogP) is 3.23. The molecule has 3 aromatic rings. The molecule has 4 amide bonds. The Balaban J connectivity index is 1.33. The minimum absolute atomic E-state index is 0.0659. The summed E-state index contributed by atoms with van der Waals surface area (Å²) in [7, 11) is 0. The van der Waals surface area contributed by atoms with Gasteiger partial charge in [0.1, 0.15) is 5.75 Å². The van der Waals surface area contributed by atoms with Gasteiger partial charge in [-0.3, -0.25) is 19.2 Å². The summed E-state index contributed by atoms with van der Waals surface area (Å²) in [5.74, 6) is -0.895. The highest BCUT2D eigenvalue weighted by molar-refractivity contribution is 8.00. The summed E-state index contributed by atoms with van der Waals surface area (Å²) in [5, 5.41) is 2.19. The monoisotopic (exact) mass is 475 g/mol. The summed E-state index contributed by atoms with van der Waals surface area (Å²) in [5.41, 5.74) is 6.53. The Labute approximate surface area is 200 Å². The fraction of sp³-hybridized carbons (Fsp3) is 0.120. The summed E-state index contributed by atoms with van der Waals surface area (Å²) >= 11 is 1.28. The van der Waals surface area contributed by atoms with Crippen LogP contribution in [-0.4, -0.2) is 35.5 Å². The maximum Gasteiger partial charge on any atom is 0.262 e. The van der Waals surface area contributed by atoms with E-state index in [4.69, 9.17) is 10.5 Å². The number of anilines is 2. The van der Waals surface area contributed by atoms with Crippen molar-refractivity contribution in [1.29, 1.82) is 0 Å². The second-order valence-corrected chi connectivity index (χ2v) is 8.74. The summed E-state index contributed by atoms with van der Waals surface area (Å²) in [6.45, 7) is -0.116. The second kappa shape index (κ2) is 10.2. The van der Waals surface area contributed by atoms with E-state index in [9.17, 15) is 19.2 Å². The minimum Gasteiger partial charge on any atom is -0.484 e. The fourth-order valence-electron chi connectivity index (χ4n) is 3.39. The van der Waals surface area contributed by atoms with Gasteiger partial charge in [0.2, 0.25) is 17.7 Å². The number of primary amides is 1. The van der Waals surface area contributed by atoms with Crippen molar-refractivity contribution < 1.29 is 23.9 Å². The van der Waals surface area contributed by atoms with Crippen LogP contribution in [0.2, 0.25) is 0 Å². The highest BCUT2D eigenvalue weighted by Crippen LogP contribution is 2.34. The van der Waals surface area contributed by atoms with Crippen LogP contribution in [0.1, 0.15) is 16.8 Å². The predicted molar refractivity (Wildman–Crippen MR) is 129 cm³/mol. The Morgan fingerprint density at radius 3 is 2.29 bits per heavy atom. The first-order chi connectivity index (χ1) is 16.4. The van der Waals surface area contributed by atoms with E-state index >= 15 is 0 Å². The molecule has 172 valence electrons. The molecule has 0 saturated carbocycles. The zero-order chi connectivity index (χ0) is 24.1. The Morgan fingerprint density at radius 1 is 0.971 bits per heavy atom. The molecular formula is C25H21N3O5S. The first-order valence-electron chi connectivity index (χ1n) is 10.4. The highest BCUT2D eigenvalue weighted by atomic mass is 32.2. The molecule has 0 spiro atoms. The largest absolute Gasteiger partial charge is 0.484 e. The molecule has 1 aliphatic rings. The number of benzene rings is 3. The Bertz CT molecular complexity index is 1210. The molecule has 3 N–H and O–H groups in total. The Hall–Kier alpha value is -4.11. The van der Waals surface area contributed by atoms with Crippen molar-refractivity contribution in [3.8, 4) is 5.75 Å². The van der Waals surface area contributed by atoms with E-state index in [0.717, 1.165) is 9.80 Å². The van der Waals surface area contributed by atoms with Gasteiger partial charge in [-0.05, 0) is 60.7 Å². The number of carbonyl (C=O) groups is 4. The number of carbonyl (C=O) groups excluding carboxylic acids is 4. The van der Waals surface area contributed by atoms with Crippen LogP contribution in [0, 0.1) is 0 Å². The van der Waals surface area contributed by atoms with Gasteiger partial charge in [-0.2, -0.15) is 0 Å². The maximum atomic E-state index is 12.9. The van der Waals surface area contributed by atoms with Crippen LogP contribution < -0.4 is 20.7 Å². The van der Waals surface area contributed by atoms with Crippen LogP contribution in [0.3, 0.4) is 0 Å². The van der Waals surface area contributed by atoms with Gasteiger partial charge in [0.25, 0.3) is 5.91 Å². The molecule has 1 aliphatic heterocycles. The van der Waals surface area contributed by atoms with Crippen LogP contribution in [0.5, 0.6) is 5.75 Å². The number of hydrogen-bond donors (Lipinski definition) is 2. The molecule has 34 heavy (non-hydrogen) atoms. The second-order valence-electron chi connectivity index (χ2n) is 7.46. The van der Waals surface area contributed by atoms with Crippen LogP contribution in [0.15, 0.2) is 83.8 Å². The number of rotatable bonds is 8. The molecule has 4 rings (SSSR count). The number of nitrogens with two attached hydrogens (primary N) is 1. The number of amides is 4. The van der Waals surface area contributed by atoms with Crippen molar-refractivity contribution in [2.24, 2.45) is 5.73 Å². The van der Waals surface area contributed by atoms with E-state index in [2.05, 4.69) is 5.32 Å². The topological polar surface area (TPSA) is 119 Å². The molecule has 1 saturated heterocycles. The molecule has 3 aromatic carbocycles. The van der Waals surface area contributed by atoms with Crippen LogP contribution in [0.25, 0.3) is 0 Å². The lowest BCUT2D eigenvalue weighted by molar-refractivity contribution is -0.121. The molecule has 9 heteroatoms. The van der Waals surface area contributed by atoms with E-state index < -0.39 is 11.2 Å². The van der Waals surface area contributed by atoms with Crippen molar-refractivity contribution in [3.05, 3.63) is 84.4 Å². The molecule has 1 atom stereocenters. The fourth-order valence-corrected chi connectivity index (χ4v) is 4.44. The quantitative estimate of drug-likeness (QED) is 0.483. The SMILES string of the molecule is NC(=O)c1ccc(N2C(=O)CC(Sc3ccc(NC(=O)COc4ccccc4)cc3)C2=O)cc1. The average Bonchev–Trinajstić information content (AvgIpc) is 3.12. The summed E-state index contributed by atoms with van der Waals surface area (Å²) in [6.07, 6.45) is 0.0659. The third-order valence-corrected chi connectivity index (χ3v) is 6.24. The van der Waals surface area contributed by atoms with Gasteiger partial charge in [0, 0.05) is 22.6 Å². The maximum absolute atomic E-state index is 12.9. The molecule has 1 unspecified atom stereocenters. The van der Waals surface area contributed by atoms with Crippen molar-refractivity contribution in [1.82, 2.24) is 0 Å². The molecule has 1 fully saturated rings. The van der Waals surface area contributed by atoms with E-state index in [-0.39, 0.29) is 30.7 Å². The smallest absolute Gasteiger partial charge is 0.262 e. The summed E-state index contributed by atoms with van der Waals surface area (Å²) < 4.78 is 5.43. The molecule has 0 aromatic heterocycles. The lowest BCUT2D eigenvalue weighted by atomic mass is 10.2. The average molecular weight is 476 g/mol. The Morgan fingerprint density at radius 2 is 1.65 bits per heavy atom. The van der Waals surface area contributed by atoms with Crippen LogP contribution >= 0.6 is 11.8 Å². The van der Waals surface area contributed by atoms with Gasteiger partial charge in [-0.25, -0.2) is 4.90 Å². The van der Waals surface area contributed by atoms with Crippen molar-refractivity contribution in [3.63, 3.8) is 0 Å². The first kappa shape index (κ1) is 23.1. The number of para-hydroxylation sites is 1. The zero-order valence-electron chi connectivity index (χ0n) is 18.0. The third-order valence-electron chi connectivity index (χ3n) is 5.04. The zero-order valence-corrected chi connectivity index (χ0v) is 18.8. The van der Waals surface area contributed by atoms with Crippen LogP contribution in [0.4, 0.5) is 11.4 Å². The first-order valence-corrected chi connectivity index (χ1v) is 11.3. The van der Waals surface area contributed by atoms with Gasteiger partial charge in [0.15, 0.2) is 6.61 Å². The van der Waals surface area contributed by atoms with E-state index in [1.165, 1.54) is 36.0 Å². The molecular weight excluding hydrogens is 454 g/mol. The number of ether oxygens (including phenoxy) is 1. The number of imide groups is 1. The summed E-state index contributed by atoms with van der Waals surface area (Å²) in [4.78, 5) is 50.6. The lowest BCUT2D eigenvalue weighted by Crippen LogP contribution is -2.31.